The standard InChI is InChI=1S/C19H20O4/c1-12-8-16-15(10-18(20)23-17(16)9-13(12)2)11-22-19(21)14-6-4-3-5-7-14/h3-4,8-10,14H,5-7,11H2,1-2H3/t14-/m1/s1. The Balaban J connectivity index is 1.84. The van der Waals surface area contributed by atoms with Crippen LogP contribution in [0.2, 0.25) is 0 Å². The van der Waals surface area contributed by atoms with Crippen LogP contribution in [0.4, 0.5) is 0 Å². The summed E-state index contributed by atoms with van der Waals surface area (Å²) >= 11 is 0. The van der Waals surface area contributed by atoms with E-state index >= 15 is 0 Å². The molecule has 1 atom stereocenters. The zero-order chi connectivity index (χ0) is 16.4. The summed E-state index contributed by atoms with van der Waals surface area (Å²) in [5, 5.41) is 0.823. The second-order valence-electron chi connectivity index (χ2n) is 6.11. The lowest BCUT2D eigenvalue weighted by Gasteiger charge is -2.16. The van der Waals surface area contributed by atoms with E-state index in [1.54, 1.807) is 0 Å². The Morgan fingerprint density at radius 3 is 2.74 bits per heavy atom. The quantitative estimate of drug-likeness (QED) is 0.491. The van der Waals surface area contributed by atoms with Gasteiger partial charge in [0.15, 0.2) is 0 Å². The topological polar surface area (TPSA) is 56.5 Å². The van der Waals surface area contributed by atoms with Crippen molar-refractivity contribution in [3.63, 3.8) is 0 Å². The van der Waals surface area contributed by atoms with Gasteiger partial charge in [0, 0.05) is 17.0 Å². The number of fused-ring (bicyclic) bond motifs is 1. The van der Waals surface area contributed by atoms with Crippen molar-refractivity contribution < 1.29 is 13.9 Å². The van der Waals surface area contributed by atoms with Crippen molar-refractivity contribution in [1.82, 2.24) is 0 Å². The Hall–Kier alpha value is -2.36. The van der Waals surface area contributed by atoms with Gasteiger partial charge in [-0.25, -0.2) is 4.79 Å². The van der Waals surface area contributed by atoms with Gasteiger partial charge in [-0.1, -0.05) is 12.2 Å². The maximum atomic E-state index is 12.2. The molecule has 1 heterocycles. The summed E-state index contributed by atoms with van der Waals surface area (Å²) in [6, 6.07) is 5.23. The van der Waals surface area contributed by atoms with Crippen molar-refractivity contribution in [2.75, 3.05) is 0 Å². The summed E-state index contributed by atoms with van der Waals surface area (Å²) in [5.74, 6) is -0.269. The van der Waals surface area contributed by atoms with Gasteiger partial charge < -0.3 is 9.15 Å². The monoisotopic (exact) mass is 312 g/mol. The molecule has 0 amide bonds. The molecule has 0 aliphatic heterocycles. The second kappa shape index (κ2) is 6.41. The average molecular weight is 312 g/mol. The van der Waals surface area contributed by atoms with Gasteiger partial charge in [0.05, 0.1) is 5.92 Å². The van der Waals surface area contributed by atoms with Gasteiger partial charge in [0.1, 0.15) is 12.2 Å². The third-order valence-corrected chi connectivity index (χ3v) is 4.42. The molecule has 0 spiro atoms. The van der Waals surface area contributed by atoms with Crippen molar-refractivity contribution in [3.05, 3.63) is 57.5 Å². The Labute approximate surface area is 134 Å². The molecule has 0 saturated heterocycles. The molecule has 1 aliphatic rings. The Kier molecular flexibility index (Phi) is 4.33. The third kappa shape index (κ3) is 3.36. The van der Waals surface area contributed by atoms with Crippen LogP contribution >= 0.6 is 0 Å². The fourth-order valence-corrected chi connectivity index (χ4v) is 2.88. The van der Waals surface area contributed by atoms with E-state index in [1.165, 1.54) is 6.07 Å². The van der Waals surface area contributed by atoms with Gasteiger partial charge in [0.2, 0.25) is 0 Å². The van der Waals surface area contributed by atoms with Crippen molar-refractivity contribution in [3.8, 4) is 0 Å². The molecule has 1 aromatic carbocycles. The van der Waals surface area contributed by atoms with Crippen LogP contribution in [0.5, 0.6) is 0 Å². The highest BCUT2D eigenvalue weighted by molar-refractivity contribution is 5.82. The third-order valence-electron chi connectivity index (χ3n) is 4.42. The van der Waals surface area contributed by atoms with Crippen LogP contribution in [0.25, 0.3) is 11.0 Å². The van der Waals surface area contributed by atoms with Gasteiger partial charge >= 0.3 is 11.6 Å². The lowest BCUT2D eigenvalue weighted by Crippen LogP contribution is -2.19. The minimum absolute atomic E-state index is 0.0737. The zero-order valence-corrected chi connectivity index (χ0v) is 13.4. The lowest BCUT2D eigenvalue weighted by atomic mass is 9.95. The first-order chi connectivity index (χ1) is 11.0. The highest BCUT2D eigenvalue weighted by Crippen LogP contribution is 2.24. The number of esters is 1. The van der Waals surface area contributed by atoms with Crippen molar-refractivity contribution in [2.24, 2.45) is 5.92 Å². The molecule has 0 radical (unpaired) electrons. The van der Waals surface area contributed by atoms with Crippen LogP contribution < -0.4 is 5.63 Å². The molecule has 1 aromatic heterocycles. The molecule has 0 bridgehead atoms. The maximum Gasteiger partial charge on any atom is 0.336 e. The summed E-state index contributed by atoms with van der Waals surface area (Å²) in [7, 11) is 0. The van der Waals surface area contributed by atoms with E-state index in [0.717, 1.165) is 35.8 Å². The van der Waals surface area contributed by atoms with Crippen LogP contribution in [0.1, 0.15) is 36.0 Å². The van der Waals surface area contributed by atoms with E-state index in [4.69, 9.17) is 9.15 Å². The van der Waals surface area contributed by atoms with E-state index in [9.17, 15) is 9.59 Å². The van der Waals surface area contributed by atoms with E-state index in [1.807, 2.05) is 32.1 Å². The van der Waals surface area contributed by atoms with Crippen molar-refractivity contribution in [2.45, 2.75) is 39.7 Å². The predicted octanol–water partition coefficient (Wildman–Crippen LogP) is 3.81. The average Bonchev–Trinajstić information content (AvgIpc) is 2.55. The summed E-state index contributed by atoms with van der Waals surface area (Å²) in [6.07, 6.45) is 6.58. The van der Waals surface area contributed by atoms with Crippen molar-refractivity contribution in [1.29, 1.82) is 0 Å². The number of aryl methyl sites for hydroxylation is 2. The smallest absolute Gasteiger partial charge is 0.336 e. The van der Waals surface area contributed by atoms with Gasteiger partial charge in [-0.05, 0) is 56.4 Å². The first-order valence-electron chi connectivity index (χ1n) is 7.90. The van der Waals surface area contributed by atoms with Crippen LogP contribution in [0.3, 0.4) is 0 Å². The molecule has 120 valence electrons. The van der Waals surface area contributed by atoms with E-state index in [-0.39, 0.29) is 18.5 Å². The number of carbonyl (C=O) groups is 1. The largest absolute Gasteiger partial charge is 0.461 e. The van der Waals surface area contributed by atoms with E-state index < -0.39 is 5.63 Å². The molecule has 2 aromatic rings. The molecule has 3 rings (SSSR count). The Morgan fingerprint density at radius 2 is 2.00 bits per heavy atom. The summed E-state index contributed by atoms with van der Waals surface area (Å²) in [4.78, 5) is 23.9. The van der Waals surface area contributed by atoms with Crippen LogP contribution in [-0.4, -0.2) is 5.97 Å². The van der Waals surface area contributed by atoms with Crippen LogP contribution in [0.15, 0.2) is 39.6 Å². The van der Waals surface area contributed by atoms with Gasteiger partial charge in [0.25, 0.3) is 0 Å². The molecule has 4 heteroatoms. The molecule has 0 fully saturated rings. The summed E-state index contributed by atoms with van der Waals surface area (Å²) in [5.41, 5.74) is 2.97. The fourth-order valence-electron chi connectivity index (χ4n) is 2.88. The maximum absolute atomic E-state index is 12.2. The zero-order valence-electron chi connectivity index (χ0n) is 13.4. The Bertz CT molecular complexity index is 829. The number of hydrogen-bond donors (Lipinski definition) is 0. The fraction of sp³-hybridized carbons (Fsp3) is 0.368. The first kappa shape index (κ1) is 15.5. The molecule has 1 aliphatic carbocycles. The molecule has 4 nitrogen and oxygen atoms in total. The summed E-state index contributed by atoms with van der Waals surface area (Å²) in [6.45, 7) is 4.08. The van der Waals surface area contributed by atoms with Crippen molar-refractivity contribution >= 4 is 16.9 Å². The molecular formula is C19H20O4. The SMILES string of the molecule is Cc1cc2oc(=O)cc(COC(=O)[C@@H]3CC=CCC3)c2cc1C. The minimum Gasteiger partial charge on any atom is -0.461 e. The number of rotatable bonds is 3. The van der Waals surface area contributed by atoms with Gasteiger partial charge in [-0.2, -0.15) is 0 Å². The van der Waals surface area contributed by atoms with Gasteiger partial charge in [-0.15, -0.1) is 0 Å². The van der Waals surface area contributed by atoms with Crippen LogP contribution in [-0.2, 0) is 16.1 Å². The molecular weight excluding hydrogens is 292 g/mol. The van der Waals surface area contributed by atoms with E-state index in [0.29, 0.717) is 11.1 Å². The number of allylic oxidation sites excluding steroid dienone is 2. The minimum atomic E-state index is -0.424. The number of benzene rings is 1. The van der Waals surface area contributed by atoms with Crippen LogP contribution in [0, 0.1) is 19.8 Å². The molecule has 0 unspecified atom stereocenters. The number of carbonyl (C=O) groups excluding carboxylic acids is 1. The molecule has 23 heavy (non-hydrogen) atoms. The number of hydrogen-bond acceptors (Lipinski definition) is 4. The molecule has 0 N–H and O–H groups in total. The predicted molar refractivity (Wildman–Crippen MR) is 88.2 cm³/mol. The van der Waals surface area contributed by atoms with Gasteiger partial charge in [-0.3, -0.25) is 4.79 Å². The highest BCUT2D eigenvalue weighted by atomic mass is 16.5. The molecule has 0 saturated carbocycles. The van der Waals surface area contributed by atoms with E-state index in [2.05, 4.69) is 6.08 Å². The first-order valence-corrected chi connectivity index (χ1v) is 7.90. The second-order valence-corrected chi connectivity index (χ2v) is 6.11. The number of ether oxygens (including phenoxy) is 1. The Morgan fingerprint density at radius 1 is 1.22 bits per heavy atom. The highest BCUT2D eigenvalue weighted by Gasteiger charge is 2.20. The summed E-state index contributed by atoms with van der Waals surface area (Å²) < 4.78 is 10.7. The normalized spacial score (nSPS) is 17.4. The lowest BCUT2D eigenvalue weighted by molar-refractivity contribution is -0.150.